The van der Waals surface area contributed by atoms with Gasteiger partial charge in [-0.3, -0.25) is 4.79 Å². The van der Waals surface area contributed by atoms with Crippen molar-refractivity contribution in [1.82, 2.24) is 4.98 Å². The van der Waals surface area contributed by atoms with Gasteiger partial charge in [0.25, 0.3) is 0 Å². The second-order valence-electron chi connectivity index (χ2n) is 7.38. The molecule has 3 rings (SSSR count). The van der Waals surface area contributed by atoms with Gasteiger partial charge >= 0.3 is 0 Å². The smallest absolute Gasteiger partial charge is 0.184 e. The molecule has 20 heavy (non-hydrogen) atoms. The molecule has 2 aromatic rings. The highest BCUT2D eigenvalue weighted by Crippen LogP contribution is 2.48. The molecular weight excluding hydrogens is 246 g/mol. The summed E-state index contributed by atoms with van der Waals surface area (Å²) in [7, 11) is 0. The molecule has 0 spiro atoms. The normalized spacial score (nSPS) is 20.1. The number of nitrogens with one attached hydrogen (secondary N) is 1. The average molecular weight is 269 g/mol. The number of benzene rings is 1. The van der Waals surface area contributed by atoms with Gasteiger partial charge in [0.2, 0.25) is 0 Å². The molecule has 1 aromatic heterocycles. The number of aromatic amines is 1. The topological polar surface area (TPSA) is 32.9 Å². The lowest BCUT2D eigenvalue weighted by molar-refractivity contribution is 0.0760. The molecule has 2 heteroatoms. The van der Waals surface area contributed by atoms with Crippen LogP contribution in [0.15, 0.2) is 18.2 Å². The molecule has 0 radical (unpaired) electrons. The minimum Gasteiger partial charge on any atom is -0.352 e. The zero-order valence-corrected chi connectivity index (χ0v) is 13.1. The fourth-order valence-corrected chi connectivity index (χ4v) is 3.94. The van der Waals surface area contributed by atoms with Crippen LogP contribution in [-0.2, 0) is 11.8 Å². The molecule has 0 fully saturated rings. The summed E-state index contributed by atoms with van der Waals surface area (Å²) in [6, 6.07) is 6.51. The van der Waals surface area contributed by atoms with E-state index in [1.54, 1.807) is 0 Å². The molecule has 0 saturated heterocycles. The highest BCUT2D eigenvalue weighted by atomic mass is 16.1. The first kappa shape index (κ1) is 13.4. The summed E-state index contributed by atoms with van der Waals surface area (Å²) in [5, 5.41) is 1.23. The van der Waals surface area contributed by atoms with E-state index in [9.17, 15) is 4.79 Å². The Morgan fingerprint density at radius 1 is 1.15 bits per heavy atom. The number of hydrogen-bond donors (Lipinski definition) is 1. The minimum atomic E-state index is -0.287. The van der Waals surface area contributed by atoms with Gasteiger partial charge in [-0.15, -0.1) is 0 Å². The zero-order valence-electron chi connectivity index (χ0n) is 13.1. The maximum Gasteiger partial charge on any atom is 0.184 e. The van der Waals surface area contributed by atoms with E-state index in [-0.39, 0.29) is 16.6 Å². The van der Waals surface area contributed by atoms with Crippen LogP contribution in [0.25, 0.3) is 10.9 Å². The van der Waals surface area contributed by atoms with Crippen LogP contribution in [0.4, 0.5) is 0 Å². The van der Waals surface area contributed by atoms with Crippen molar-refractivity contribution in [2.45, 2.75) is 52.9 Å². The predicted octanol–water partition coefficient (Wildman–Crippen LogP) is 4.62. The molecule has 0 saturated carbocycles. The van der Waals surface area contributed by atoms with Crippen LogP contribution >= 0.6 is 0 Å². The van der Waals surface area contributed by atoms with Crippen molar-refractivity contribution in [3.8, 4) is 0 Å². The van der Waals surface area contributed by atoms with E-state index < -0.39 is 0 Å². The Morgan fingerprint density at radius 3 is 2.50 bits per heavy atom. The molecule has 1 N–H and O–H groups in total. The molecular formula is C18H23NO. The van der Waals surface area contributed by atoms with Crippen LogP contribution in [-0.4, -0.2) is 10.8 Å². The van der Waals surface area contributed by atoms with Gasteiger partial charge < -0.3 is 4.98 Å². The first-order valence-electron chi connectivity index (χ1n) is 7.46. The maximum atomic E-state index is 12.7. The number of carbonyl (C=O) groups excluding carboxylic acids is 1. The van der Waals surface area contributed by atoms with Crippen molar-refractivity contribution in [1.29, 1.82) is 0 Å². The van der Waals surface area contributed by atoms with Crippen LogP contribution in [0, 0.1) is 5.41 Å². The summed E-state index contributed by atoms with van der Waals surface area (Å²) in [6.45, 7) is 10.8. The fraction of sp³-hybridized carbons (Fsp3) is 0.500. The number of aromatic nitrogens is 1. The van der Waals surface area contributed by atoms with Crippen LogP contribution in [0.3, 0.4) is 0 Å². The summed E-state index contributed by atoms with van der Waals surface area (Å²) in [5.41, 5.74) is 4.20. The summed E-state index contributed by atoms with van der Waals surface area (Å²) >= 11 is 0. The van der Waals surface area contributed by atoms with Gasteiger partial charge in [-0.25, -0.2) is 0 Å². The molecule has 2 nitrogen and oxygen atoms in total. The van der Waals surface area contributed by atoms with Gasteiger partial charge in [0.05, 0.1) is 5.69 Å². The summed E-state index contributed by atoms with van der Waals surface area (Å²) in [5.74, 6) is 0.251. The van der Waals surface area contributed by atoms with Crippen molar-refractivity contribution in [3.63, 3.8) is 0 Å². The monoisotopic (exact) mass is 269 g/mol. The number of carbonyl (C=O) groups is 1. The Kier molecular flexibility index (Phi) is 2.66. The van der Waals surface area contributed by atoms with E-state index in [1.165, 1.54) is 16.5 Å². The van der Waals surface area contributed by atoms with Gasteiger partial charge in [0.1, 0.15) is 0 Å². The van der Waals surface area contributed by atoms with Crippen LogP contribution in [0.2, 0.25) is 0 Å². The fourth-order valence-electron chi connectivity index (χ4n) is 3.94. The third kappa shape index (κ3) is 1.74. The minimum absolute atomic E-state index is 0.0252. The lowest BCUT2D eigenvalue weighted by Crippen LogP contribution is -2.39. The lowest BCUT2D eigenvalue weighted by Gasteiger charge is -2.39. The number of H-pyrrole nitrogens is 1. The SMILES string of the molecule is CCc1ccc2[nH]c3c(c2c1)C(C)(C)CC(C)(C)C3=O. The van der Waals surface area contributed by atoms with Gasteiger partial charge in [0.15, 0.2) is 5.78 Å². The number of Topliss-reactive ketones (excluding diaryl/α,β-unsaturated/α-hetero) is 1. The largest absolute Gasteiger partial charge is 0.352 e. The quantitative estimate of drug-likeness (QED) is 0.805. The summed E-state index contributed by atoms with van der Waals surface area (Å²) in [6.07, 6.45) is 1.92. The molecule has 1 aliphatic carbocycles. The Labute approximate surface area is 120 Å². The van der Waals surface area contributed by atoms with Gasteiger partial charge in [0, 0.05) is 16.3 Å². The number of rotatable bonds is 1. The van der Waals surface area contributed by atoms with Crippen LogP contribution in [0.5, 0.6) is 0 Å². The Hall–Kier alpha value is -1.57. The summed E-state index contributed by atoms with van der Waals surface area (Å²) in [4.78, 5) is 16.1. The molecule has 1 aromatic carbocycles. The van der Waals surface area contributed by atoms with Crippen LogP contribution < -0.4 is 0 Å². The molecule has 0 bridgehead atoms. The molecule has 1 heterocycles. The van der Waals surface area contributed by atoms with Crippen molar-refractivity contribution in [3.05, 3.63) is 35.0 Å². The number of ketones is 1. The Bertz CT molecular complexity index is 704. The first-order chi connectivity index (χ1) is 9.26. The van der Waals surface area contributed by atoms with E-state index in [1.807, 2.05) is 0 Å². The second kappa shape index (κ2) is 3.97. The molecule has 0 amide bonds. The molecule has 106 valence electrons. The zero-order chi connectivity index (χ0) is 14.7. The van der Waals surface area contributed by atoms with Gasteiger partial charge in [-0.1, -0.05) is 40.7 Å². The Morgan fingerprint density at radius 2 is 1.85 bits per heavy atom. The summed E-state index contributed by atoms with van der Waals surface area (Å²) < 4.78 is 0. The van der Waals surface area contributed by atoms with E-state index in [4.69, 9.17) is 0 Å². The molecule has 1 aliphatic rings. The number of hydrogen-bond acceptors (Lipinski definition) is 1. The maximum absolute atomic E-state index is 12.7. The van der Waals surface area contributed by atoms with E-state index in [2.05, 4.69) is 57.8 Å². The standard InChI is InChI=1S/C18H23NO/c1-6-11-7-8-13-12(9-11)14-15(19-13)16(20)18(4,5)10-17(14,2)3/h7-9,19H,6,10H2,1-5H3. The molecule has 0 unspecified atom stereocenters. The predicted molar refractivity (Wildman–Crippen MR) is 83.4 cm³/mol. The van der Waals surface area contributed by atoms with Gasteiger partial charge in [-0.05, 0) is 41.5 Å². The van der Waals surface area contributed by atoms with E-state index in [0.29, 0.717) is 0 Å². The average Bonchev–Trinajstić information content (AvgIpc) is 2.74. The molecule has 0 atom stereocenters. The lowest BCUT2D eigenvalue weighted by atomic mass is 9.63. The third-order valence-electron chi connectivity index (χ3n) is 4.67. The van der Waals surface area contributed by atoms with Crippen molar-refractivity contribution in [2.75, 3.05) is 0 Å². The Balaban J connectivity index is 2.36. The first-order valence-corrected chi connectivity index (χ1v) is 7.46. The van der Waals surface area contributed by atoms with Crippen LogP contribution in [0.1, 0.15) is 62.7 Å². The second-order valence-corrected chi connectivity index (χ2v) is 7.38. The van der Waals surface area contributed by atoms with E-state index in [0.717, 1.165) is 24.1 Å². The van der Waals surface area contributed by atoms with Crippen molar-refractivity contribution < 1.29 is 4.79 Å². The van der Waals surface area contributed by atoms with Gasteiger partial charge in [-0.2, -0.15) is 0 Å². The van der Waals surface area contributed by atoms with E-state index >= 15 is 0 Å². The third-order valence-corrected chi connectivity index (χ3v) is 4.67. The van der Waals surface area contributed by atoms with Crippen molar-refractivity contribution in [2.24, 2.45) is 5.41 Å². The number of fused-ring (bicyclic) bond motifs is 3. The molecule has 0 aliphatic heterocycles. The highest BCUT2D eigenvalue weighted by Gasteiger charge is 2.45. The highest BCUT2D eigenvalue weighted by molar-refractivity contribution is 6.07. The van der Waals surface area contributed by atoms with Crippen molar-refractivity contribution >= 4 is 16.7 Å². The number of aryl methyl sites for hydroxylation is 1.